The van der Waals surface area contributed by atoms with Crippen molar-refractivity contribution in [2.45, 2.75) is 19.1 Å². The van der Waals surface area contributed by atoms with Gasteiger partial charge in [0.15, 0.2) is 0 Å². The molecule has 0 aromatic heterocycles. The SMILES string of the molecule is COC1C=CC(NC(C)=O)C=C1. The lowest BCUT2D eigenvalue weighted by molar-refractivity contribution is -0.119. The van der Waals surface area contributed by atoms with Crippen LogP contribution < -0.4 is 5.32 Å². The molecule has 1 amide bonds. The van der Waals surface area contributed by atoms with Crippen LogP contribution in [0.2, 0.25) is 0 Å². The molecule has 12 heavy (non-hydrogen) atoms. The van der Waals surface area contributed by atoms with Crippen molar-refractivity contribution in [1.29, 1.82) is 0 Å². The Labute approximate surface area is 72.1 Å². The molecule has 1 N–H and O–H groups in total. The molecule has 0 saturated heterocycles. The predicted octanol–water partition coefficient (Wildman–Crippen LogP) is 0.632. The Bertz CT molecular complexity index is 207. The highest BCUT2D eigenvalue weighted by atomic mass is 16.5. The van der Waals surface area contributed by atoms with Crippen LogP contribution in [0.4, 0.5) is 0 Å². The molecule has 0 atom stereocenters. The Balaban J connectivity index is 2.44. The van der Waals surface area contributed by atoms with Crippen molar-refractivity contribution in [2.75, 3.05) is 7.11 Å². The number of hydrogen-bond donors (Lipinski definition) is 1. The second kappa shape index (κ2) is 4.07. The molecule has 0 spiro atoms. The maximum Gasteiger partial charge on any atom is 0.217 e. The monoisotopic (exact) mass is 167 g/mol. The first-order valence-electron chi connectivity index (χ1n) is 3.89. The van der Waals surface area contributed by atoms with Crippen molar-refractivity contribution in [3.8, 4) is 0 Å². The number of amides is 1. The van der Waals surface area contributed by atoms with Gasteiger partial charge in [0.1, 0.15) is 0 Å². The number of nitrogens with one attached hydrogen (secondary N) is 1. The van der Waals surface area contributed by atoms with Crippen molar-refractivity contribution in [3.05, 3.63) is 24.3 Å². The molecule has 0 heterocycles. The van der Waals surface area contributed by atoms with Crippen LogP contribution in [0, 0.1) is 0 Å². The summed E-state index contributed by atoms with van der Waals surface area (Å²) in [5, 5.41) is 2.76. The molecular formula is C9H13NO2. The quantitative estimate of drug-likeness (QED) is 0.613. The van der Waals surface area contributed by atoms with E-state index in [1.165, 1.54) is 6.92 Å². The van der Waals surface area contributed by atoms with Crippen molar-refractivity contribution >= 4 is 5.91 Å². The van der Waals surface area contributed by atoms with Crippen molar-refractivity contribution in [2.24, 2.45) is 0 Å². The molecule has 0 saturated carbocycles. The third-order valence-electron chi connectivity index (χ3n) is 1.66. The van der Waals surface area contributed by atoms with E-state index < -0.39 is 0 Å². The molecular weight excluding hydrogens is 154 g/mol. The molecule has 3 heteroatoms. The average molecular weight is 167 g/mol. The second-order valence-corrected chi connectivity index (χ2v) is 2.70. The topological polar surface area (TPSA) is 38.3 Å². The molecule has 3 nitrogen and oxygen atoms in total. The zero-order valence-electron chi connectivity index (χ0n) is 7.28. The number of carbonyl (C=O) groups excluding carboxylic acids is 1. The third-order valence-corrected chi connectivity index (χ3v) is 1.66. The van der Waals surface area contributed by atoms with E-state index in [2.05, 4.69) is 5.32 Å². The molecule has 0 aliphatic heterocycles. The van der Waals surface area contributed by atoms with Gasteiger partial charge in [0.25, 0.3) is 0 Å². The summed E-state index contributed by atoms with van der Waals surface area (Å²) in [4.78, 5) is 10.7. The first-order chi connectivity index (χ1) is 5.72. The summed E-state index contributed by atoms with van der Waals surface area (Å²) in [6.45, 7) is 1.50. The third kappa shape index (κ3) is 2.51. The molecule has 0 aromatic carbocycles. The Morgan fingerprint density at radius 3 is 2.33 bits per heavy atom. The average Bonchev–Trinajstić information content (AvgIpc) is 2.05. The molecule has 1 rings (SSSR count). The highest BCUT2D eigenvalue weighted by Gasteiger charge is 2.08. The lowest BCUT2D eigenvalue weighted by Crippen LogP contribution is -2.31. The molecule has 0 radical (unpaired) electrons. The molecule has 0 aromatic rings. The van der Waals surface area contributed by atoms with Crippen LogP contribution in [-0.2, 0) is 9.53 Å². The number of carbonyl (C=O) groups is 1. The van der Waals surface area contributed by atoms with Gasteiger partial charge >= 0.3 is 0 Å². The highest BCUT2D eigenvalue weighted by molar-refractivity contribution is 5.73. The largest absolute Gasteiger partial charge is 0.373 e. The second-order valence-electron chi connectivity index (χ2n) is 2.70. The normalized spacial score (nSPS) is 27.2. The minimum Gasteiger partial charge on any atom is -0.373 e. The molecule has 0 fully saturated rings. The van der Waals surface area contributed by atoms with E-state index in [0.717, 1.165) is 0 Å². The van der Waals surface area contributed by atoms with Gasteiger partial charge in [-0.1, -0.05) is 24.3 Å². The summed E-state index contributed by atoms with van der Waals surface area (Å²) < 4.78 is 5.06. The predicted molar refractivity (Wildman–Crippen MR) is 46.7 cm³/mol. The summed E-state index contributed by atoms with van der Waals surface area (Å²) in [5.41, 5.74) is 0. The van der Waals surface area contributed by atoms with Gasteiger partial charge in [0, 0.05) is 14.0 Å². The Morgan fingerprint density at radius 2 is 1.92 bits per heavy atom. The summed E-state index contributed by atoms with van der Waals surface area (Å²) >= 11 is 0. The van der Waals surface area contributed by atoms with Crippen molar-refractivity contribution in [1.82, 2.24) is 5.32 Å². The van der Waals surface area contributed by atoms with Gasteiger partial charge in [-0.3, -0.25) is 4.79 Å². The summed E-state index contributed by atoms with van der Waals surface area (Å²) in [5.74, 6) is -0.0230. The van der Waals surface area contributed by atoms with Crippen molar-refractivity contribution in [3.63, 3.8) is 0 Å². The van der Waals surface area contributed by atoms with Crippen LogP contribution in [-0.4, -0.2) is 25.2 Å². The maximum absolute atomic E-state index is 10.7. The van der Waals surface area contributed by atoms with Crippen LogP contribution >= 0.6 is 0 Å². The standard InChI is InChI=1S/C9H13NO2/c1-7(11)10-8-3-5-9(12-2)6-4-8/h3-6,8-9H,1-2H3,(H,10,11). The molecule has 0 bridgehead atoms. The van der Waals surface area contributed by atoms with Crippen LogP contribution in [0.15, 0.2) is 24.3 Å². The van der Waals surface area contributed by atoms with E-state index in [1.54, 1.807) is 7.11 Å². The number of ether oxygens (including phenoxy) is 1. The van der Waals surface area contributed by atoms with Gasteiger partial charge in [0.05, 0.1) is 12.1 Å². The minimum atomic E-state index is -0.0230. The van der Waals surface area contributed by atoms with Gasteiger partial charge in [-0.2, -0.15) is 0 Å². The molecule has 1 aliphatic carbocycles. The fourth-order valence-electron chi connectivity index (χ4n) is 1.07. The van der Waals surface area contributed by atoms with E-state index >= 15 is 0 Å². The van der Waals surface area contributed by atoms with Crippen LogP contribution in [0.3, 0.4) is 0 Å². The fraction of sp³-hybridized carbons (Fsp3) is 0.444. The van der Waals surface area contributed by atoms with Gasteiger partial charge in [-0.15, -0.1) is 0 Å². The summed E-state index contributed by atoms with van der Waals surface area (Å²) in [6, 6.07) is 0.0221. The molecule has 1 aliphatic rings. The van der Waals surface area contributed by atoms with Crippen LogP contribution in [0.1, 0.15) is 6.92 Å². The van der Waals surface area contributed by atoms with E-state index in [9.17, 15) is 4.79 Å². The molecule has 66 valence electrons. The summed E-state index contributed by atoms with van der Waals surface area (Å²) in [6.07, 6.45) is 7.71. The molecule has 0 unspecified atom stereocenters. The number of rotatable bonds is 2. The zero-order chi connectivity index (χ0) is 8.97. The van der Waals surface area contributed by atoms with Gasteiger partial charge in [0.2, 0.25) is 5.91 Å². The van der Waals surface area contributed by atoms with E-state index in [-0.39, 0.29) is 18.1 Å². The first kappa shape index (κ1) is 9.00. The van der Waals surface area contributed by atoms with Crippen LogP contribution in [0.5, 0.6) is 0 Å². The number of hydrogen-bond acceptors (Lipinski definition) is 2. The highest BCUT2D eigenvalue weighted by Crippen LogP contribution is 2.04. The maximum atomic E-state index is 10.7. The first-order valence-corrected chi connectivity index (χ1v) is 3.89. The smallest absolute Gasteiger partial charge is 0.217 e. The van der Waals surface area contributed by atoms with E-state index in [4.69, 9.17) is 4.74 Å². The van der Waals surface area contributed by atoms with Crippen LogP contribution in [0.25, 0.3) is 0 Å². The lowest BCUT2D eigenvalue weighted by Gasteiger charge is -2.15. The van der Waals surface area contributed by atoms with Gasteiger partial charge in [-0.05, 0) is 0 Å². The van der Waals surface area contributed by atoms with E-state index in [1.807, 2.05) is 24.3 Å². The number of methoxy groups -OCH3 is 1. The zero-order valence-corrected chi connectivity index (χ0v) is 7.28. The fourth-order valence-corrected chi connectivity index (χ4v) is 1.07. The summed E-state index contributed by atoms with van der Waals surface area (Å²) in [7, 11) is 1.65. The van der Waals surface area contributed by atoms with Gasteiger partial charge < -0.3 is 10.1 Å². The minimum absolute atomic E-state index is 0.0221. The van der Waals surface area contributed by atoms with Crippen molar-refractivity contribution < 1.29 is 9.53 Å². The Morgan fingerprint density at radius 1 is 1.33 bits per heavy atom. The Hall–Kier alpha value is -1.09. The van der Waals surface area contributed by atoms with Gasteiger partial charge in [-0.25, -0.2) is 0 Å². The lowest BCUT2D eigenvalue weighted by atomic mass is 10.1. The Kier molecular flexibility index (Phi) is 3.05. The van der Waals surface area contributed by atoms with E-state index in [0.29, 0.717) is 0 Å².